The van der Waals surface area contributed by atoms with E-state index in [1.807, 2.05) is 6.92 Å². The Morgan fingerprint density at radius 3 is 2.94 bits per heavy atom. The fourth-order valence-corrected chi connectivity index (χ4v) is 2.16. The molecule has 1 aromatic heterocycles. The monoisotopic (exact) mass is 253 g/mol. The van der Waals surface area contributed by atoms with Crippen molar-refractivity contribution >= 4 is 24.5 Å². The molecule has 0 aromatic carbocycles. The van der Waals surface area contributed by atoms with Crippen molar-refractivity contribution in [1.29, 1.82) is 0 Å². The number of carbonyl (C=O) groups excluding carboxylic acids is 1. The van der Waals surface area contributed by atoms with Gasteiger partial charge < -0.3 is 0 Å². The van der Waals surface area contributed by atoms with E-state index in [0.717, 1.165) is 0 Å². The zero-order valence-corrected chi connectivity index (χ0v) is 10.5. The molecular weight excluding hydrogens is 238 g/mol. The third-order valence-electron chi connectivity index (χ3n) is 2.86. The smallest absolute Gasteiger partial charge is 0.252 e. The number of anilines is 1. The predicted molar refractivity (Wildman–Crippen MR) is 68.5 cm³/mol. The lowest BCUT2D eigenvalue weighted by atomic mass is 10.1. The fraction of sp³-hybridized carbons (Fsp3) is 0.545. The van der Waals surface area contributed by atoms with Gasteiger partial charge in [-0.05, 0) is 18.1 Å². The van der Waals surface area contributed by atoms with Gasteiger partial charge in [-0.3, -0.25) is 19.5 Å². The molecule has 1 aromatic rings. The van der Waals surface area contributed by atoms with E-state index in [2.05, 4.69) is 22.6 Å². The number of aryl methyl sites for hydroxylation is 1. The van der Waals surface area contributed by atoms with Crippen LogP contribution in [0.3, 0.4) is 0 Å². The van der Waals surface area contributed by atoms with E-state index in [1.165, 1.54) is 6.07 Å². The molecule has 2 rings (SSSR count). The number of hydrogen-bond donors (Lipinski definition) is 2. The van der Waals surface area contributed by atoms with Crippen LogP contribution in [-0.4, -0.2) is 28.2 Å². The van der Waals surface area contributed by atoms with E-state index in [4.69, 9.17) is 0 Å². The summed E-state index contributed by atoms with van der Waals surface area (Å²) in [5.74, 6) is 1.27. The van der Waals surface area contributed by atoms with Crippen molar-refractivity contribution in [1.82, 2.24) is 9.97 Å². The average Bonchev–Trinajstić information content (AvgIpc) is 2.69. The summed E-state index contributed by atoms with van der Waals surface area (Å²) in [4.78, 5) is 31.7. The van der Waals surface area contributed by atoms with Crippen LogP contribution in [0.4, 0.5) is 5.95 Å². The second-order valence-corrected chi connectivity index (χ2v) is 4.54. The van der Waals surface area contributed by atoms with Gasteiger partial charge in [-0.25, -0.2) is 4.98 Å². The molecule has 2 heterocycles. The number of amides is 1. The Balaban J connectivity index is 2.31. The van der Waals surface area contributed by atoms with Gasteiger partial charge >= 0.3 is 0 Å². The standard InChI is InChI=1S/C11H15N3O2S/c1-2-8-4-9(15)13-11(12-8)14-5-7(6-17)3-10(14)16/h4,7,17H,2-3,5-6H2,1H3,(H,12,13,15). The van der Waals surface area contributed by atoms with Crippen LogP contribution in [0.25, 0.3) is 0 Å². The van der Waals surface area contributed by atoms with Gasteiger partial charge in [-0.1, -0.05) is 6.92 Å². The van der Waals surface area contributed by atoms with E-state index >= 15 is 0 Å². The number of aromatic amines is 1. The number of nitrogens with zero attached hydrogens (tertiary/aromatic N) is 2. The van der Waals surface area contributed by atoms with Crippen molar-refractivity contribution in [2.75, 3.05) is 17.2 Å². The molecule has 1 N–H and O–H groups in total. The van der Waals surface area contributed by atoms with E-state index in [-0.39, 0.29) is 17.4 Å². The van der Waals surface area contributed by atoms with E-state index in [1.54, 1.807) is 4.90 Å². The van der Waals surface area contributed by atoms with E-state index in [9.17, 15) is 9.59 Å². The molecule has 1 saturated heterocycles. The first-order valence-corrected chi connectivity index (χ1v) is 6.28. The Bertz CT molecular complexity index is 486. The van der Waals surface area contributed by atoms with Gasteiger partial charge in [0.1, 0.15) is 0 Å². The van der Waals surface area contributed by atoms with Gasteiger partial charge in [0.2, 0.25) is 11.9 Å². The number of hydrogen-bond acceptors (Lipinski definition) is 4. The van der Waals surface area contributed by atoms with Crippen molar-refractivity contribution < 1.29 is 4.79 Å². The maximum atomic E-state index is 11.8. The molecule has 0 radical (unpaired) electrons. The average molecular weight is 253 g/mol. The van der Waals surface area contributed by atoms with E-state index in [0.29, 0.717) is 36.8 Å². The zero-order valence-electron chi connectivity index (χ0n) is 9.64. The molecule has 0 aliphatic carbocycles. The van der Waals surface area contributed by atoms with Crippen LogP contribution in [0.5, 0.6) is 0 Å². The summed E-state index contributed by atoms with van der Waals surface area (Å²) in [6, 6.07) is 1.46. The normalized spacial score (nSPS) is 20.0. The predicted octanol–water partition coefficient (Wildman–Crippen LogP) is 0.615. The molecule has 1 atom stereocenters. The fourth-order valence-electron chi connectivity index (χ4n) is 1.91. The Labute approximate surface area is 105 Å². The second kappa shape index (κ2) is 4.91. The highest BCUT2D eigenvalue weighted by molar-refractivity contribution is 7.80. The van der Waals surface area contributed by atoms with Crippen LogP contribution in [0, 0.1) is 5.92 Å². The zero-order chi connectivity index (χ0) is 12.4. The molecule has 6 heteroatoms. The summed E-state index contributed by atoms with van der Waals surface area (Å²) in [5.41, 5.74) is 0.486. The van der Waals surface area contributed by atoms with Gasteiger partial charge in [-0.2, -0.15) is 12.6 Å². The molecule has 1 aliphatic heterocycles. The maximum absolute atomic E-state index is 11.8. The molecule has 92 valence electrons. The highest BCUT2D eigenvalue weighted by Gasteiger charge is 2.31. The molecule has 0 spiro atoms. The minimum absolute atomic E-state index is 0.000420. The number of carbonyl (C=O) groups is 1. The van der Waals surface area contributed by atoms with Crippen LogP contribution >= 0.6 is 12.6 Å². The maximum Gasteiger partial charge on any atom is 0.252 e. The second-order valence-electron chi connectivity index (χ2n) is 4.17. The Morgan fingerprint density at radius 2 is 2.35 bits per heavy atom. The third-order valence-corrected chi connectivity index (χ3v) is 3.38. The molecule has 1 aliphatic rings. The molecule has 0 saturated carbocycles. The van der Waals surface area contributed by atoms with E-state index < -0.39 is 0 Å². The first-order chi connectivity index (χ1) is 8.13. The lowest BCUT2D eigenvalue weighted by Gasteiger charge is -2.15. The summed E-state index contributed by atoms with van der Waals surface area (Å²) in [5, 5.41) is 0. The summed E-state index contributed by atoms with van der Waals surface area (Å²) in [6.45, 7) is 2.51. The van der Waals surface area contributed by atoms with Gasteiger partial charge in [0.25, 0.3) is 5.56 Å². The highest BCUT2D eigenvalue weighted by Crippen LogP contribution is 2.22. The topological polar surface area (TPSA) is 66.1 Å². The molecular formula is C11H15N3O2S. The molecule has 1 fully saturated rings. The first kappa shape index (κ1) is 12.2. The van der Waals surface area contributed by atoms with Gasteiger partial charge in [-0.15, -0.1) is 0 Å². The van der Waals surface area contributed by atoms with Gasteiger partial charge in [0, 0.05) is 24.7 Å². The van der Waals surface area contributed by atoms with Crippen molar-refractivity contribution in [3.8, 4) is 0 Å². The summed E-state index contributed by atoms with van der Waals surface area (Å²) in [7, 11) is 0. The SMILES string of the molecule is CCc1cc(=O)[nH]c(N2CC(CS)CC2=O)n1. The third kappa shape index (κ3) is 2.52. The van der Waals surface area contributed by atoms with Crippen molar-refractivity contribution in [2.45, 2.75) is 19.8 Å². The van der Waals surface area contributed by atoms with Gasteiger partial charge in [0.05, 0.1) is 0 Å². The number of H-pyrrole nitrogens is 1. The minimum atomic E-state index is -0.214. The number of thiol groups is 1. The van der Waals surface area contributed by atoms with Crippen LogP contribution in [0.2, 0.25) is 0 Å². The number of nitrogens with one attached hydrogen (secondary N) is 1. The summed E-state index contributed by atoms with van der Waals surface area (Å²) in [6.07, 6.45) is 1.15. The Kier molecular flexibility index (Phi) is 3.51. The number of aromatic nitrogens is 2. The van der Waals surface area contributed by atoms with Crippen molar-refractivity contribution in [2.24, 2.45) is 5.92 Å². The van der Waals surface area contributed by atoms with Crippen molar-refractivity contribution in [3.05, 3.63) is 22.1 Å². The summed E-state index contributed by atoms with van der Waals surface area (Å²) < 4.78 is 0. The Morgan fingerprint density at radius 1 is 1.59 bits per heavy atom. The van der Waals surface area contributed by atoms with Crippen LogP contribution in [-0.2, 0) is 11.2 Å². The Hall–Kier alpha value is -1.30. The minimum Gasteiger partial charge on any atom is -0.292 e. The molecule has 5 nitrogen and oxygen atoms in total. The van der Waals surface area contributed by atoms with Crippen LogP contribution in [0.15, 0.2) is 10.9 Å². The molecule has 17 heavy (non-hydrogen) atoms. The van der Waals surface area contributed by atoms with Gasteiger partial charge in [0.15, 0.2) is 0 Å². The molecule has 1 amide bonds. The first-order valence-electron chi connectivity index (χ1n) is 5.65. The molecule has 0 bridgehead atoms. The quantitative estimate of drug-likeness (QED) is 0.776. The highest BCUT2D eigenvalue weighted by atomic mass is 32.1. The lowest BCUT2D eigenvalue weighted by molar-refractivity contribution is -0.117. The largest absolute Gasteiger partial charge is 0.292 e. The lowest BCUT2D eigenvalue weighted by Crippen LogP contribution is -2.29. The summed E-state index contributed by atoms with van der Waals surface area (Å²) >= 11 is 4.20. The van der Waals surface area contributed by atoms with Crippen LogP contribution < -0.4 is 10.5 Å². The van der Waals surface area contributed by atoms with Crippen molar-refractivity contribution in [3.63, 3.8) is 0 Å². The molecule has 1 unspecified atom stereocenters. The number of rotatable bonds is 3. The van der Waals surface area contributed by atoms with Crippen LogP contribution in [0.1, 0.15) is 19.0 Å².